The van der Waals surface area contributed by atoms with Gasteiger partial charge in [0.15, 0.2) is 0 Å². The first-order valence-electron chi connectivity index (χ1n) is 14.2. The van der Waals surface area contributed by atoms with Gasteiger partial charge < -0.3 is 23.7 Å². The Hall–Kier alpha value is -3.64. The zero-order valence-corrected chi connectivity index (χ0v) is 24.7. The Balaban J connectivity index is 0.00000301. The van der Waals surface area contributed by atoms with E-state index in [1.165, 1.54) is 0 Å². The number of nitrogens with zero attached hydrogens (tertiary/aromatic N) is 1. The smallest absolute Gasteiger partial charge is 0.265 e. The van der Waals surface area contributed by atoms with Crippen molar-refractivity contribution >= 4 is 24.1 Å². The zero-order chi connectivity index (χ0) is 30.6. The Morgan fingerprint density at radius 3 is 2.02 bits per heavy atom. The molecule has 2 aromatic rings. The summed E-state index contributed by atoms with van der Waals surface area (Å²) in [4.78, 5) is 49.0. The van der Waals surface area contributed by atoms with Crippen LogP contribution in [0.25, 0.3) is 0 Å². The van der Waals surface area contributed by atoms with Crippen LogP contribution in [0.4, 0.5) is 0 Å². The zero-order valence-electron chi connectivity index (χ0n) is 24.7. The minimum absolute atomic E-state index is 0.00883. The Kier molecular flexibility index (Phi) is 16.7. The van der Waals surface area contributed by atoms with Crippen molar-refractivity contribution in [2.75, 3.05) is 52.9 Å². The largest absolute Gasteiger partial charge is 0.490 e. The molecule has 1 aliphatic rings. The van der Waals surface area contributed by atoms with E-state index in [0.29, 0.717) is 58.4 Å². The number of amides is 4. The number of hydrogen-bond donors (Lipinski definition) is 1. The molecule has 0 radical (unpaired) electrons. The highest BCUT2D eigenvalue weighted by molar-refractivity contribution is 6.22. The number of nitrogens with one attached hydrogen (secondary N) is 1. The van der Waals surface area contributed by atoms with Crippen molar-refractivity contribution in [2.24, 2.45) is 0 Å². The standard InChI is InChI=1S/C29H36N2O9.C2H6/c1-22(10-11-26(33)30-21-32)31-28(34)24-8-5-9-25(27(24)29(31)35)40-19-18-38-15-14-36-12-13-37-16-17-39-20-23-6-3-2-4-7-23;1-2/h2-9,21-22H,10-20H2,1H3,(H,30,32,33);1-2H3. The highest BCUT2D eigenvalue weighted by Gasteiger charge is 2.40. The molecule has 2 aromatic carbocycles. The van der Waals surface area contributed by atoms with Gasteiger partial charge in [-0.05, 0) is 31.0 Å². The van der Waals surface area contributed by atoms with Gasteiger partial charge in [-0.25, -0.2) is 0 Å². The highest BCUT2D eigenvalue weighted by Crippen LogP contribution is 2.32. The fraction of sp³-hybridized carbons (Fsp3) is 0.484. The lowest BCUT2D eigenvalue weighted by molar-refractivity contribution is -0.125. The summed E-state index contributed by atoms with van der Waals surface area (Å²) in [5.74, 6) is -1.08. The third kappa shape index (κ3) is 11.3. The first-order chi connectivity index (χ1) is 20.5. The van der Waals surface area contributed by atoms with Crippen LogP contribution in [-0.2, 0) is 35.1 Å². The van der Waals surface area contributed by atoms with E-state index in [9.17, 15) is 19.2 Å². The SMILES string of the molecule is CC.CC(CCC(=O)NC=O)N1C(=O)c2cccc(OCCOCCOCCOCCOCc3ccccc3)c2C1=O. The average molecular weight is 587 g/mol. The van der Waals surface area contributed by atoms with Gasteiger partial charge in [0.2, 0.25) is 12.3 Å². The molecule has 3 rings (SSSR count). The maximum atomic E-state index is 13.0. The highest BCUT2D eigenvalue weighted by atomic mass is 16.6. The first kappa shape index (κ1) is 34.6. The summed E-state index contributed by atoms with van der Waals surface area (Å²) in [6.07, 6.45) is 0.541. The van der Waals surface area contributed by atoms with Crippen molar-refractivity contribution in [3.05, 3.63) is 65.2 Å². The van der Waals surface area contributed by atoms with Crippen LogP contribution in [0.3, 0.4) is 0 Å². The van der Waals surface area contributed by atoms with Crippen LogP contribution >= 0.6 is 0 Å². The minimum atomic E-state index is -0.528. The van der Waals surface area contributed by atoms with E-state index < -0.39 is 23.8 Å². The van der Waals surface area contributed by atoms with Crippen molar-refractivity contribution in [2.45, 2.75) is 46.3 Å². The Labute approximate surface area is 247 Å². The number of hydrogen-bond acceptors (Lipinski definition) is 9. The molecular weight excluding hydrogens is 544 g/mol. The van der Waals surface area contributed by atoms with Crippen LogP contribution in [0.1, 0.15) is 59.9 Å². The lowest BCUT2D eigenvalue weighted by Gasteiger charge is -2.22. The second kappa shape index (κ2) is 20.3. The van der Waals surface area contributed by atoms with E-state index >= 15 is 0 Å². The molecule has 1 N–H and O–H groups in total. The van der Waals surface area contributed by atoms with Crippen LogP contribution in [-0.4, -0.2) is 87.9 Å². The maximum absolute atomic E-state index is 13.0. The molecule has 1 unspecified atom stereocenters. The maximum Gasteiger partial charge on any atom is 0.265 e. The molecule has 1 heterocycles. The molecule has 4 amide bonds. The number of rotatable bonds is 20. The Morgan fingerprint density at radius 2 is 1.40 bits per heavy atom. The monoisotopic (exact) mass is 586 g/mol. The lowest BCUT2D eigenvalue weighted by atomic mass is 10.1. The number of ether oxygens (including phenoxy) is 5. The molecule has 0 saturated heterocycles. The summed E-state index contributed by atoms with van der Waals surface area (Å²) in [5, 5.41) is 2.05. The molecule has 11 nitrogen and oxygen atoms in total. The van der Waals surface area contributed by atoms with Crippen molar-refractivity contribution in [3.8, 4) is 5.75 Å². The lowest BCUT2D eigenvalue weighted by Crippen LogP contribution is -2.38. The van der Waals surface area contributed by atoms with Gasteiger partial charge in [-0.1, -0.05) is 50.2 Å². The van der Waals surface area contributed by atoms with E-state index in [-0.39, 0.29) is 37.2 Å². The van der Waals surface area contributed by atoms with Gasteiger partial charge in [0.25, 0.3) is 11.8 Å². The van der Waals surface area contributed by atoms with Crippen molar-refractivity contribution < 1.29 is 42.9 Å². The third-order valence-corrected chi connectivity index (χ3v) is 6.07. The van der Waals surface area contributed by atoms with Crippen LogP contribution in [0.5, 0.6) is 5.75 Å². The summed E-state index contributed by atoms with van der Waals surface area (Å²) in [5.41, 5.74) is 1.58. The normalized spacial score (nSPS) is 12.8. The predicted molar refractivity (Wildman–Crippen MR) is 155 cm³/mol. The summed E-state index contributed by atoms with van der Waals surface area (Å²) in [7, 11) is 0. The molecule has 0 aliphatic carbocycles. The molecule has 0 saturated carbocycles. The van der Waals surface area contributed by atoms with Gasteiger partial charge >= 0.3 is 0 Å². The van der Waals surface area contributed by atoms with Crippen LogP contribution < -0.4 is 10.1 Å². The van der Waals surface area contributed by atoms with Crippen LogP contribution in [0, 0.1) is 0 Å². The molecular formula is C31H42N2O9. The second-order valence-corrected chi connectivity index (χ2v) is 8.96. The van der Waals surface area contributed by atoms with E-state index in [4.69, 9.17) is 23.7 Å². The van der Waals surface area contributed by atoms with E-state index in [1.54, 1.807) is 25.1 Å². The predicted octanol–water partition coefficient (Wildman–Crippen LogP) is 3.40. The summed E-state index contributed by atoms with van der Waals surface area (Å²) < 4.78 is 27.8. The van der Waals surface area contributed by atoms with Crippen molar-refractivity contribution in [1.29, 1.82) is 0 Å². The number of fused-ring (bicyclic) bond motifs is 1. The van der Waals surface area contributed by atoms with Crippen molar-refractivity contribution in [1.82, 2.24) is 10.2 Å². The number of carbonyl (C=O) groups is 4. The number of carbonyl (C=O) groups excluding carboxylic acids is 4. The number of benzene rings is 2. The third-order valence-electron chi connectivity index (χ3n) is 6.07. The second-order valence-electron chi connectivity index (χ2n) is 8.96. The van der Waals surface area contributed by atoms with Gasteiger partial charge in [0.05, 0.1) is 64.0 Å². The molecule has 0 bridgehead atoms. The molecule has 0 aromatic heterocycles. The Morgan fingerprint density at radius 1 is 0.810 bits per heavy atom. The van der Waals surface area contributed by atoms with Gasteiger partial charge in [-0.15, -0.1) is 0 Å². The van der Waals surface area contributed by atoms with Gasteiger partial charge in [-0.2, -0.15) is 0 Å². The van der Waals surface area contributed by atoms with E-state index in [2.05, 4.69) is 0 Å². The number of imide groups is 2. The molecule has 1 aliphatic heterocycles. The molecule has 0 fully saturated rings. The first-order valence-corrected chi connectivity index (χ1v) is 14.2. The summed E-state index contributed by atoms with van der Waals surface area (Å²) >= 11 is 0. The molecule has 0 spiro atoms. The van der Waals surface area contributed by atoms with Gasteiger partial charge in [0, 0.05) is 12.5 Å². The topological polar surface area (TPSA) is 130 Å². The van der Waals surface area contributed by atoms with Gasteiger partial charge in [-0.3, -0.25) is 29.4 Å². The molecule has 42 heavy (non-hydrogen) atoms. The van der Waals surface area contributed by atoms with E-state index in [0.717, 1.165) is 10.5 Å². The fourth-order valence-electron chi connectivity index (χ4n) is 4.03. The molecule has 230 valence electrons. The quantitative estimate of drug-likeness (QED) is 0.141. The van der Waals surface area contributed by atoms with Crippen LogP contribution in [0.2, 0.25) is 0 Å². The molecule has 1 atom stereocenters. The average Bonchev–Trinajstić information content (AvgIpc) is 3.27. The summed E-state index contributed by atoms with van der Waals surface area (Å²) in [6.45, 7) is 9.40. The minimum Gasteiger partial charge on any atom is -0.490 e. The molecule has 11 heteroatoms. The van der Waals surface area contributed by atoms with Gasteiger partial charge in [0.1, 0.15) is 12.4 Å². The van der Waals surface area contributed by atoms with E-state index in [1.807, 2.05) is 49.5 Å². The fourth-order valence-corrected chi connectivity index (χ4v) is 4.03. The van der Waals surface area contributed by atoms with Crippen molar-refractivity contribution in [3.63, 3.8) is 0 Å². The Bertz CT molecular complexity index is 1110. The summed E-state index contributed by atoms with van der Waals surface area (Å²) in [6, 6.07) is 14.3. The van der Waals surface area contributed by atoms with Crippen LogP contribution in [0.15, 0.2) is 48.5 Å².